The fraction of sp³-hybridized carbons (Fsp3) is 0.400. The van der Waals surface area contributed by atoms with Crippen LogP contribution in [0.25, 0.3) is 0 Å². The van der Waals surface area contributed by atoms with Crippen LogP contribution in [0.5, 0.6) is 5.75 Å². The Balaban J connectivity index is 2.00. The van der Waals surface area contributed by atoms with Crippen LogP contribution in [0, 0.1) is 5.82 Å². The van der Waals surface area contributed by atoms with Crippen molar-refractivity contribution in [3.05, 3.63) is 45.7 Å². The van der Waals surface area contributed by atoms with E-state index in [0.717, 1.165) is 28.7 Å². The summed E-state index contributed by atoms with van der Waals surface area (Å²) in [6, 6.07) is 5.98. The summed E-state index contributed by atoms with van der Waals surface area (Å²) >= 11 is 1.61. The predicted molar refractivity (Wildman–Crippen MR) is 80.9 cm³/mol. The van der Waals surface area contributed by atoms with Crippen LogP contribution in [0.15, 0.2) is 24.3 Å². The maximum atomic E-state index is 12.8. The first kappa shape index (κ1) is 15.9. The molecule has 1 heterocycles. The van der Waals surface area contributed by atoms with Crippen LogP contribution in [-0.2, 0) is 24.5 Å². The van der Waals surface area contributed by atoms with Gasteiger partial charge in [-0.2, -0.15) is 0 Å². The van der Waals surface area contributed by atoms with Crippen LogP contribution in [0.4, 0.5) is 4.39 Å². The molecule has 0 atom stereocenters. The van der Waals surface area contributed by atoms with Crippen molar-refractivity contribution >= 4 is 11.3 Å². The van der Waals surface area contributed by atoms with Crippen LogP contribution >= 0.6 is 11.3 Å². The Bertz CT molecular complexity index is 557. The molecule has 0 saturated carbocycles. The Kier molecular flexibility index (Phi) is 6.10. The number of ether oxygens (including phenoxy) is 2. The Labute approximate surface area is 127 Å². The molecular weight excluding hydrogens is 291 g/mol. The molecule has 1 N–H and O–H groups in total. The lowest BCUT2D eigenvalue weighted by Gasteiger charge is -2.03. The van der Waals surface area contributed by atoms with Crippen molar-refractivity contribution in [3.8, 4) is 5.75 Å². The third kappa shape index (κ3) is 4.77. The molecule has 2 aromatic rings. The summed E-state index contributed by atoms with van der Waals surface area (Å²) in [7, 11) is 1.66. The van der Waals surface area contributed by atoms with Gasteiger partial charge in [0.15, 0.2) is 0 Å². The van der Waals surface area contributed by atoms with Gasteiger partial charge in [-0.05, 0) is 30.8 Å². The maximum Gasteiger partial charge on any atom is 0.140 e. The quantitative estimate of drug-likeness (QED) is 0.813. The number of aromatic nitrogens is 1. The topological polar surface area (TPSA) is 43.4 Å². The fourth-order valence-corrected chi connectivity index (χ4v) is 2.76. The van der Waals surface area contributed by atoms with Crippen molar-refractivity contribution in [2.75, 3.05) is 13.7 Å². The zero-order valence-corrected chi connectivity index (χ0v) is 13.0. The second-order valence-electron chi connectivity index (χ2n) is 4.43. The number of hydrogen-bond donors (Lipinski definition) is 1. The summed E-state index contributed by atoms with van der Waals surface area (Å²) in [5, 5.41) is 4.18. The van der Waals surface area contributed by atoms with Gasteiger partial charge in [-0.25, -0.2) is 9.37 Å². The second-order valence-corrected chi connectivity index (χ2v) is 5.60. The van der Waals surface area contributed by atoms with Crippen molar-refractivity contribution in [3.63, 3.8) is 0 Å². The molecule has 0 aliphatic heterocycles. The van der Waals surface area contributed by atoms with Crippen molar-refractivity contribution in [1.29, 1.82) is 0 Å². The minimum Gasteiger partial charge on any atom is -0.486 e. The lowest BCUT2D eigenvalue weighted by molar-refractivity contribution is 0.180. The highest BCUT2D eigenvalue weighted by Gasteiger charge is 2.11. The molecule has 4 nitrogen and oxygen atoms in total. The van der Waals surface area contributed by atoms with Gasteiger partial charge >= 0.3 is 0 Å². The van der Waals surface area contributed by atoms with Gasteiger partial charge in [0, 0.05) is 18.5 Å². The van der Waals surface area contributed by atoms with Gasteiger partial charge in [0.05, 0.1) is 12.3 Å². The molecule has 0 bridgehead atoms. The molecular formula is C15H19FN2O2S. The van der Waals surface area contributed by atoms with Gasteiger partial charge in [-0.3, -0.25) is 0 Å². The van der Waals surface area contributed by atoms with Crippen LogP contribution in [0.3, 0.4) is 0 Å². The fourth-order valence-electron chi connectivity index (χ4n) is 1.80. The maximum absolute atomic E-state index is 12.8. The number of halogens is 1. The number of hydrogen-bond acceptors (Lipinski definition) is 5. The minimum absolute atomic E-state index is 0.271. The van der Waals surface area contributed by atoms with Crippen molar-refractivity contribution in [1.82, 2.24) is 10.3 Å². The Morgan fingerprint density at radius 1 is 1.24 bits per heavy atom. The highest BCUT2D eigenvalue weighted by molar-refractivity contribution is 7.11. The van der Waals surface area contributed by atoms with Crippen molar-refractivity contribution in [2.24, 2.45) is 0 Å². The second kappa shape index (κ2) is 8.07. The van der Waals surface area contributed by atoms with Crippen molar-refractivity contribution in [2.45, 2.75) is 26.7 Å². The Hall–Kier alpha value is -1.50. The average Bonchev–Trinajstić information content (AvgIpc) is 2.87. The molecule has 0 fully saturated rings. The lowest BCUT2D eigenvalue weighted by Crippen LogP contribution is -2.12. The molecule has 114 valence electrons. The van der Waals surface area contributed by atoms with Gasteiger partial charge in [0.2, 0.25) is 0 Å². The van der Waals surface area contributed by atoms with E-state index in [-0.39, 0.29) is 5.82 Å². The first-order valence-electron chi connectivity index (χ1n) is 6.78. The summed E-state index contributed by atoms with van der Waals surface area (Å²) in [6.45, 7) is 4.62. The molecule has 21 heavy (non-hydrogen) atoms. The van der Waals surface area contributed by atoms with E-state index < -0.39 is 0 Å². The summed E-state index contributed by atoms with van der Waals surface area (Å²) in [5.74, 6) is 0.361. The SMILES string of the molecule is CCNCc1sc(COc2ccc(F)cc2)nc1COC. The van der Waals surface area contributed by atoms with Gasteiger partial charge in [0.25, 0.3) is 0 Å². The number of nitrogens with zero attached hydrogens (tertiary/aromatic N) is 1. The van der Waals surface area contributed by atoms with E-state index in [0.29, 0.717) is 19.0 Å². The number of thiazole rings is 1. The zero-order valence-electron chi connectivity index (χ0n) is 12.2. The Morgan fingerprint density at radius 2 is 2.00 bits per heavy atom. The van der Waals surface area contributed by atoms with Crippen LogP contribution in [0.2, 0.25) is 0 Å². The van der Waals surface area contributed by atoms with E-state index in [1.165, 1.54) is 12.1 Å². The Morgan fingerprint density at radius 3 is 2.67 bits per heavy atom. The van der Waals surface area contributed by atoms with E-state index in [1.54, 1.807) is 30.6 Å². The molecule has 0 aliphatic rings. The first-order valence-corrected chi connectivity index (χ1v) is 7.60. The molecule has 1 aromatic carbocycles. The highest BCUT2D eigenvalue weighted by Crippen LogP contribution is 2.21. The molecule has 0 amide bonds. The summed E-state index contributed by atoms with van der Waals surface area (Å²) in [5.41, 5.74) is 0.946. The lowest BCUT2D eigenvalue weighted by atomic mass is 10.3. The van der Waals surface area contributed by atoms with Crippen molar-refractivity contribution < 1.29 is 13.9 Å². The molecule has 0 saturated heterocycles. The zero-order chi connectivity index (χ0) is 15.1. The molecule has 6 heteroatoms. The largest absolute Gasteiger partial charge is 0.486 e. The van der Waals surface area contributed by atoms with Crippen LogP contribution in [0.1, 0.15) is 22.5 Å². The monoisotopic (exact) mass is 310 g/mol. The van der Waals surface area contributed by atoms with E-state index in [2.05, 4.69) is 17.2 Å². The first-order chi connectivity index (χ1) is 10.2. The third-order valence-electron chi connectivity index (χ3n) is 2.82. The molecule has 0 spiro atoms. The molecule has 0 radical (unpaired) electrons. The van der Waals surface area contributed by atoms with Gasteiger partial charge in [-0.15, -0.1) is 11.3 Å². The van der Waals surface area contributed by atoms with E-state index in [4.69, 9.17) is 9.47 Å². The molecule has 0 unspecified atom stereocenters. The van der Waals surface area contributed by atoms with Gasteiger partial charge in [0.1, 0.15) is 23.2 Å². The van der Waals surface area contributed by atoms with Crippen LogP contribution in [-0.4, -0.2) is 18.6 Å². The molecule has 1 aromatic heterocycles. The number of nitrogens with one attached hydrogen (secondary N) is 1. The molecule has 0 aliphatic carbocycles. The number of rotatable bonds is 8. The average molecular weight is 310 g/mol. The highest BCUT2D eigenvalue weighted by atomic mass is 32.1. The number of methoxy groups -OCH3 is 1. The minimum atomic E-state index is -0.271. The normalized spacial score (nSPS) is 10.8. The van der Waals surface area contributed by atoms with Gasteiger partial charge < -0.3 is 14.8 Å². The number of benzene rings is 1. The molecule has 2 rings (SSSR count). The smallest absolute Gasteiger partial charge is 0.140 e. The predicted octanol–water partition coefficient (Wildman–Crippen LogP) is 3.12. The van der Waals surface area contributed by atoms with E-state index >= 15 is 0 Å². The summed E-state index contributed by atoms with van der Waals surface area (Å²) < 4.78 is 23.6. The summed E-state index contributed by atoms with van der Waals surface area (Å²) in [6.07, 6.45) is 0. The van der Waals surface area contributed by atoms with Crippen LogP contribution < -0.4 is 10.1 Å². The van der Waals surface area contributed by atoms with E-state index in [1.807, 2.05) is 0 Å². The third-order valence-corrected chi connectivity index (χ3v) is 3.89. The standard InChI is InChI=1S/C15H19FN2O2S/c1-3-17-8-14-13(9-19-2)18-15(21-14)10-20-12-6-4-11(16)5-7-12/h4-7,17H,3,8-10H2,1-2H3. The van der Waals surface area contributed by atoms with Gasteiger partial charge in [-0.1, -0.05) is 6.92 Å². The summed E-state index contributed by atoms with van der Waals surface area (Å²) in [4.78, 5) is 5.70. The van der Waals surface area contributed by atoms with E-state index in [9.17, 15) is 4.39 Å².